The van der Waals surface area contributed by atoms with Crippen molar-refractivity contribution in [1.29, 1.82) is 0 Å². The van der Waals surface area contributed by atoms with Crippen molar-refractivity contribution in [3.63, 3.8) is 0 Å². The lowest BCUT2D eigenvalue weighted by Gasteiger charge is -2.20. The average Bonchev–Trinajstić information content (AvgIpc) is 2.73. The standard InChI is InChI=1S/C28H32N2O4/c1-27(2,3)17-7-13-21(23(31)15-17)25(33)29-19-9-11-20(12-10-19)30-26(34)22-14-8-18(16-24(22)32)28(4,5)6/h7-16,31-32H,1-6H3,(H,29,33)(H,30,34). The first-order valence-electron chi connectivity index (χ1n) is 11.2. The first-order valence-corrected chi connectivity index (χ1v) is 11.2. The molecule has 0 spiro atoms. The van der Waals surface area contributed by atoms with Crippen molar-refractivity contribution in [3.8, 4) is 11.5 Å². The second kappa shape index (κ2) is 9.21. The van der Waals surface area contributed by atoms with E-state index in [2.05, 4.69) is 10.6 Å². The summed E-state index contributed by atoms with van der Waals surface area (Å²) in [6, 6.07) is 16.7. The van der Waals surface area contributed by atoms with Crippen LogP contribution in [0.25, 0.3) is 0 Å². The van der Waals surface area contributed by atoms with Crippen molar-refractivity contribution in [3.05, 3.63) is 82.9 Å². The maximum absolute atomic E-state index is 12.6. The largest absolute Gasteiger partial charge is 0.507 e. The maximum atomic E-state index is 12.6. The molecule has 0 aliphatic carbocycles. The van der Waals surface area contributed by atoms with Crippen LogP contribution in [0.5, 0.6) is 11.5 Å². The van der Waals surface area contributed by atoms with Gasteiger partial charge in [0.05, 0.1) is 11.1 Å². The smallest absolute Gasteiger partial charge is 0.259 e. The lowest BCUT2D eigenvalue weighted by molar-refractivity contribution is 0.101. The van der Waals surface area contributed by atoms with E-state index in [1.165, 1.54) is 0 Å². The molecule has 0 heterocycles. The Hall–Kier alpha value is -3.80. The fraction of sp³-hybridized carbons (Fsp3) is 0.286. The number of hydrogen-bond donors (Lipinski definition) is 4. The molecule has 0 saturated heterocycles. The van der Waals surface area contributed by atoms with Crippen LogP contribution in [0.1, 0.15) is 73.4 Å². The highest BCUT2D eigenvalue weighted by atomic mass is 16.3. The van der Waals surface area contributed by atoms with Gasteiger partial charge in [-0.05, 0) is 70.5 Å². The molecule has 6 nitrogen and oxygen atoms in total. The normalized spacial score (nSPS) is 11.7. The van der Waals surface area contributed by atoms with Gasteiger partial charge in [0.25, 0.3) is 11.8 Å². The molecular weight excluding hydrogens is 428 g/mol. The van der Waals surface area contributed by atoms with Gasteiger partial charge in [-0.2, -0.15) is 0 Å². The molecule has 178 valence electrons. The number of phenols is 2. The SMILES string of the molecule is CC(C)(C)c1ccc(C(=O)Nc2ccc(NC(=O)c3ccc(C(C)(C)C)cc3O)cc2)c(O)c1. The van der Waals surface area contributed by atoms with E-state index in [0.29, 0.717) is 11.4 Å². The first kappa shape index (κ1) is 24.8. The van der Waals surface area contributed by atoms with Crippen LogP contribution < -0.4 is 10.6 Å². The number of nitrogens with one attached hydrogen (secondary N) is 2. The predicted molar refractivity (Wildman–Crippen MR) is 136 cm³/mol. The Bertz CT molecular complexity index is 1120. The van der Waals surface area contributed by atoms with Gasteiger partial charge in [0.2, 0.25) is 0 Å². The lowest BCUT2D eigenvalue weighted by Crippen LogP contribution is -2.15. The summed E-state index contributed by atoms with van der Waals surface area (Å²) < 4.78 is 0. The summed E-state index contributed by atoms with van der Waals surface area (Å²) in [5.74, 6) is -1.02. The molecule has 0 radical (unpaired) electrons. The Kier molecular flexibility index (Phi) is 6.73. The number of aromatic hydroxyl groups is 2. The van der Waals surface area contributed by atoms with Crippen LogP contribution in [0.15, 0.2) is 60.7 Å². The Labute approximate surface area is 200 Å². The minimum absolute atomic E-state index is 0.0777. The fourth-order valence-electron chi connectivity index (χ4n) is 3.41. The topological polar surface area (TPSA) is 98.7 Å². The molecule has 0 bridgehead atoms. The number of carbonyl (C=O) groups is 2. The minimum atomic E-state index is -0.432. The number of phenolic OH excluding ortho intramolecular Hbond substituents is 2. The molecule has 3 aromatic rings. The van der Waals surface area contributed by atoms with Gasteiger partial charge in [0.15, 0.2) is 0 Å². The zero-order chi connectivity index (χ0) is 25.3. The molecule has 0 fully saturated rings. The molecule has 0 unspecified atom stereocenters. The van der Waals surface area contributed by atoms with E-state index in [0.717, 1.165) is 11.1 Å². The molecule has 0 aliphatic rings. The van der Waals surface area contributed by atoms with Gasteiger partial charge in [-0.15, -0.1) is 0 Å². The summed E-state index contributed by atoms with van der Waals surface area (Å²) in [6.45, 7) is 12.2. The van der Waals surface area contributed by atoms with Gasteiger partial charge in [0.1, 0.15) is 11.5 Å². The third kappa shape index (κ3) is 5.76. The molecule has 34 heavy (non-hydrogen) atoms. The molecule has 2 amide bonds. The van der Waals surface area contributed by atoms with E-state index in [1.807, 2.05) is 53.7 Å². The van der Waals surface area contributed by atoms with Gasteiger partial charge in [0, 0.05) is 11.4 Å². The molecule has 0 atom stereocenters. The van der Waals surface area contributed by atoms with Crippen LogP contribution in [0.2, 0.25) is 0 Å². The summed E-state index contributed by atoms with van der Waals surface area (Å²) in [7, 11) is 0. The van der Waals surface area contributed by atoms with Gasteiger partial charge >= 0.3 is 0 Å². The summed E-state index contributed by atoms with van der Waals surface area (Å²) in [5.41, 5.74) is 2.97. The van der Waals surface area contributed by atoms with Gasteiger partial charge in [-0.1, -0.05) is 53.7 Å². The lowest BCUT2D eigenvalue weighted by atomic mass is 9.86. The van der Waals surface area contributed by atoms with Crippen LogP contribution in [-0.4, -0.2) is 22.0 Å². The molecule has 3 rings (SSSR count). The van der Waals surface area contributed by atoms with Crippen LogP contribution in [-0.2, 0) is 10.8 Å². The molecule has 6 heteroatoms. The Morgan fingerprint density at radius 2 is 0.912 bits per heavy atom. The number of benzene rings is 3. The summed E-state index contributed by atoms with van der Waals surface area (Å²) in [6.07, 6.45) is 0. The molecule has 3 aromatic carbocycles. The van der Waals surface area contributed by atoms with E-state index in [-0.39, 0.29) is 33.5 Å². The van der Waals surface area contributed by atoms with Gasteiger partial charge < -0.3 is 20.8 Å². The monoisotopic (exact) mass is 460 g/mol. The third-order valence-corrected chi connectivity index (χ3v) is 5.62. The first-order chi connectivity index (χ1) is 15.8. The summed E-state index contributed by atoms with van der Waals surface area (Å²) in [5, 5.41) is 26.1. The van der Waals surface area contributed by atoms with Gasteiger partial charge in [-0.3, -0.25) is 9.59 Å². The number of amides is 2. The second-order valence-electron chi connectivity index (χ2n) is 10.4. The predicted octanol–water partition coefficient (Wildman–Crippen LogP) is 6.20. The minimum Gasteiger partial charge on any atom is -0.507 e. The highest BCUT2D eigenvalue weighted by Gasteiger charge is 2.19. The van der Waals surface area contributed by atoms with Crippen molar-refractivity contribution in [2.45, 2.75) is 52.4 Å². The number of hydrogen-bond acceptors (Lipinski definition) is 4. The van der Waals surface area contributed by atoms with Crippen molar-refractivity contribution < 1.29 is 19.8 Å². The van der Waals surface area contributed by atoms with Gasteiger partial charge in [-0.25, -0.2) is 0 Å². The molecule has 4 N–H and O–H groups in total. The van der Waals surface area contributed by atoms with E-state index < -0.39 is 11.8 Å². The number of anilines is 2. The van der Waals surface area contributed by atoms with Crippen LogP contribution in [0.4, 0.5) is 11.4 Å². The van der Waals surface area contributed by atoms with Crippen LogP contribution >= 0.6 is 0 Å². The van der Waals surface area contributed by atoms with E-state index >= 15 is 0 Å². The van der Waals surface area contributed by atoms with E-state index in [9.17, 15) is 19.8 Å². The van der Waals surface area contributed by atoms with Crippen molar-refractivity contribution >= 4 is 23.2 Å². The molecular formula is C28H32N2O4. The van der Waals surface area contributed by atoms with Crippen molar-refractivity contribution in [2.24, 2.45) is 0 Å². The van der Waals surface area contributed by atoms with E-state index in [1.54, 1.807) is 48.5 Å². The number of rotatable bonds is 4. The highest BCUT2D eigenvalue weighted by molar-refractivity contribution is 6.07. The summed E-state index contributed by atoms with van der Waals surface area (Å²) >= 11 is 0. The Morgan fingerprint density at radius 1 is 0.588 bits per heavy atom. The quantitative estimate of drug-likeness (QED) is 0.373. The fourth-order valence-corrected chi connectivity index (χ4v) is 3.41. The second-order valence-corrected chi connectivity index (χ2v) is 10.4. The van der Waals surface area contributed by atoms with Crippen molar-refractivity contribution in [2.75, 3.05) is 10.6 Å². The third-order valence-electron chi connectivity index (χ3n) is 5.62. The zero-order valence-corrected chi connectivity index (χ0v) is 20.5. The molecule has 0 aromatic heterocycles. The van der Waals surface area contributed by atoms with Crippen LogP contribution in [0.3, 0.4) is 0 Å². The Morgan fingerprint density at radius 3 is 1.18 bits per heavy atom. The molecule has 0 saturated carbocycles. The average molecular weight is 461 g/mol. The maximum Gasteiger partial charge on any atom is 0.259 e. The number of carbonyl (C=O) groups excluding carboxylic acids is 2. The van der Waals surface area contributed by atoms with E-state index in [4.69, 9.17) is 0 Å². The summed E-state index contributed by atoms with van der Waals surface area (Å²) in [4.78, 5) is 25.2. The zero-order valence-electron chi connectivity index (χ0n) is 20.5. The van der Waals surface area contributed by atoms with Crippen LogP contribution in [0, 0.1) is 0 Å². The highest BCUT2D eigenvalue weighted by Crippen LogP contribution is 2.30. The Balaban J connectivity index is 1.68. The van der Waals surface area contributed by atoms with Crippen molar-refractivity contribution in [1.82, 2.24) is 0 Å². The molecule has 0 aliphatic heterocycles.